The summed E-state index contributed by atoms with van der Waals surface area (Å²) in [6.45, 7) is 8.52. The molecule has 0 radical (unpaired) electrons. The monoisotopic (exact) mass is 691 g/mol. The van der Waals surface area contributed by atoms with Crippen molar-refractivity contribution in [2.24, 2.45) is 0 Å². The second-order valence-electron chi connectivity index (χ2n) is 10.4. The molecule has 0 aliphatic carbocycles. The van der Waals surface area contributed by atoms with E-state index >= 15 is 0 Å². The van der Waals surface area contributed by atoms with Crippen LogP contribution in [0, 0.1) is 30.1 Å². The van der Waals surface area contributed by atoms with Gasteiger partial charge in [-0.3, -0.25) is 0 Å². The SMILES string of the molecule is CN1C=CN(c2[c-]c(Oc3[c-]c4c(cc3)c3c(C#N)cccc3n4-c3cc(C(C)(C)C)ccn3)ccc2)[CH-]1.[Pt]. The molecule has 1 aliphatic rings. The number of hydrogen-bond donors (Lipinski definition) is 0. The van der Waals surface area contributed by atoms with Gasteiger partial charge in [-0.15, -0.1) is 41.4 Å². The molecule has 0 atom stereocenters. The molecular formula is C32H26N5OPt-3. The van der Waals surface area contributed by atoms with E-state index < -0.39 is 0 Å². The minimum Gasteiger partial charge on any atom is -0.510 e. The fraction of sp³-hybridized carbons (Fsp3) is 0.156. The van der Waals surface area contributed by atoms with E-state index in [0.717, 1.165) is 33.3 Å². The summed E-state index contributed by atoms with van der Waals surface area (Å²) in [7, 11) is 1.98. The van der Waals surface area contributed by atoms with Crippen LogP contribution in [0.5, 0.6) is 11.5 Å². The molecule has 7 heteroatoms. The average molecular weight is 692 g/mol. The molecule has 198 valence electrons. The molecule has 5 aromatic rings. The van der Waals surface area contributed by atoms with E-state index in [1.807, 2.05) is 96.7 Å². The Bertz CT molecular complexity index is 1760. The van der Waals surface area contributed by atoms with Gasteiger partial charge in [-0.1, -0.05) is 32.4 Å². The third-order valence-corrected chi connectivity index (χ3v) is 6.66. The molecule has 6 nitrogen and oxygen atoms in total. The molecule has 2 aromatic heterocycles. The van der Waals surface area contributed by atoms with Crippen LogP contribution in [-0.4, -0.2) is 21.5 Å². The molecule has 3 aromatic carbocycles. The van der Waals surface area contributed by atoms with Gasteiger partial charge in [-0.2, -0.15) is 24.1 Å². The summed E-state index contributed by atoms with van der Waals surface area (Å²) in [5.74, 6) is 1.91. The smallest absolute Gasteiger partial charge is 0.135 e. The first-order valence-corrected chi connectivity index (χ1v) is 12.4. The molecule has 1 aliphatic heterocycles. The number of nitriles is 1. The predicted octanol–water partition coefficient (Wildman–Crippen LogP) is 7.08. The Labute approximate surface area is 243 Å². The molecule has 0 amide bonds. The Balaban J connectivity index is 0.00000308. The fourth-order valence-electron chi connectivity index (χ4n) is 4.73. The molecule has 6 rings (SSSR count). The third-order valence-electron chi connectivity index (χ3n) is 6.66. The van der Waals surface area contributed by atoms with Crippen LogP contribution >= 0.6 is 0 Å². The molecule has 0 N–H and O–H groups in total. The van der Waals surface area contributed by atoms with Crippen molar-refractivity contribution in [1.82, 2.24) is 14.5 Å². The summed E-state index contributed by atoms with van der Waals surface area (Å²) in [6, 6.07) is 28.7. The van der Waals surface area contributed by atoms with E-state index in [4.69, 9.17) is 9.72 Å². The molecule has 0 spiro atoms. The second-order valence-corrected chi connectivity index (χ2v) is 10.4. The number of aromatic nitrogens is 2. The van der Waals surface area contributed by atoms with Gasteiger partial charge in [0, 0.05) is 49.8 Å². The molecule has 0 saturated carbocycles. The number of anilines is 1. The van der Waals surface area contributed by atoms with E-state index in [0.29, 0.717) is 17.1 Å². The second kappa shape index (κ2) is 10.2. The Morgan fingerprint density at radius 1 is 0.974 bits per heavy atom. The van der Waals surface area contributed by atoms with Crippen molar-refractivity contribution in [3.63, 3.8) is 0 Å². The van der Waals surface area contributed by atoms with Gasteiger partial charge in [-0.05, 0) is 60.1 Å². The predicted molar refractivity (Wildman–Crippen MR) is 150 cm³/mol. The first-order valence-electron chi connectivity index (χ1n) is 12.4. The Kier molecular flexibility index (Phi) is 6.97. The van der Waals surface area contributed by atoms with Crippen molar-refractivity contribution in [3.05, 3.63) is 109 Å². The summed E-state index contributed by atoms with van der Waals surface area (Å²) < 4.78 is 8.31. The van der Waals surface area contributed by atoms with Gasteiger partial charge in [0.15, 0.2) is 0 Å². The Hall–Kier alpha value is -4.07. The fourth-order valence-corrected chi connectivity index (χ4v) is 4.73. The molecular weight excluding hydrogens is 665 g/mol. The van der Waals surface area contributed by atoms with Crippen molar-refractivity contribution in [1.29, 1.82) is 5.26 Å². The van der Waals surface area contributed by atoms with Crippen molar-refractivity contribution < 1.29 is 25.8 Å². The van der Waals surface area contributed by atoms with Crippen molar-refractivity contribution in [2.75, 3.05) is 11.9 Å². The zero-order valence-electron chi connectivity index (χ0n) is 22.0. The normalized spacial score (nSPS) is 13.1. The van der Waals surface area contributed by atoms with Crippen LogP contribution in [0.3, 0.4) is 0 Å². The van der Waals surface area contributed by atoms with Crippen LogP contribution in [-0.2, 0) is 26.5 Å². The van der Waals surface area contributed by atoms with Crippen LogP contribution in [0.2, 0.25) is 0 Å². The maximum atomic E-state index is 9.88. The van der Waals surface area contributed by atoms with Crippen LogP contribution in [0.15, 0.2) is 79.3 Å². The zero-order valence-corrected chi connectivity index (χ0v) is 24.3. The van der Waals surface area contributed by atoms with Gasteiger partial charge in [0.2, 0.25) is 0 Å². The number of pyridine rings is 1. The van der Waals surface area contributed by atoms with E-state index in [9.17, 15) is 5.26 Å². The van der Waals surface area contributed by atoms with Gasteiger partial charge in [0.25, 0.3) is 0 Å². The zero-order chi connectivity index (χ0) is 26.4. The molecule has 0 saturated heterocycles. The third kappa shape index (κ3) is 4.91. The molecule has 3 heterocycles. The number of nitrogens with zero attached hydrogens (tertiary/aromatic N) is 5. The van der Waals surface area contributed by atoms with Crippen molar-refractivity contribution in [3.8, 4) is 23.4 Å². The molecule has 0 fully saturated rings. The summed E-state index contributed by atoms with van der Waals surface area (Å²) in [6.07, 6.45) is 5.78. The maximum absolute atomic E-state index is 9.88. The molecule has 0 bridgehead atoms. The van der Waals surface area contributed by atoms with E-state index in [1.165, 1.54) is 5.56 Å². The molecule has 0 unspecified atom stereocenters. The number of ether oxygens (including phenoxy) is 1. The van der Waals surface area contributed by atoms with Gasteiger partial charge >= 0.3 is 0 Å². The summed E-state index contributed by atoms with van der Waals surface area (Å²) in [4.78, 5) is 8.67. The van der Waals surface area contributed by atoms with Gasteiger partial charge in [0.05, 0.1) is 6.07 Å². The summed E-state index contributed by atoms with van der Waals surface area (Å²) in [5, 5.41) is 11.7. The van der Waals surface area contributed by atoms with Gasteiger partial charge < -0.3 is 19.1 Å². The largest absolute Gasteiger partial charge is 0.510 e. The Morgan fingerprint density at radius 2 is 1.77 bits per heavy atom. The van der Waals surface area contributed by atoms with Crippen LogP contribution < -0.4 is 9.64 Å². The maximum Gasteiger partial charge on any atom is 0.135 e. The van der Waals surface area contributed by atoms with E-state index in [1.54, 1.807) is 0 Å². The minimum atomic E-state index is -0.0378. The number of rotatable bonds is 4. The van der Waals surface area contributed by atoms with Crippen LogP contribution in [0.4, 0.5) is 5.69 Å². The first kappa shape index (κ1) is 26.5. The van der Waals surface area contributed by atoms with Gasteiger partial charge in [0.1, 0.15) is 5.82 Å². The van der Waals surface area contributed by atoms with E-state index in [2.05, 4.69) is 49.6 Å². The van der Waals surface area contributed by atoms with E-state index in [-0.39, 0.29) is 26.5 Å². The van der Waals surface area contributed by atoms with Crippen LogP contribution in [0.25, 0.3) is 27.6 Å². The van der Waals surface area contributed by atoms with Crippen molar-refractivity contribution in [2.45, 2.75) is 26.2 Å². The topological polar surface area (TPSA) is 57.3 Å². The van der Waals surface area contributed by atoms with Crippen molar-refractivity contribution >= 4 is 27.5 Å². The number of hydrogen-bond acceptors (Lipinski definition) is 5. The molecule has 39 heavy (non-hydrogen) atoms. The summed E-state index contributed by atoms with van der Waals surface area (Å²) >= 11 is 0. The number of benzene rings is 3. The minimum absolute atomic E-state index is 0. The first-order chi connectivity index (χ1) is 18.3. The average Bonchev–Trinajstić information content (AvgIpc) is 3.49. The van der Waals surface area contributed by atoms with Crippen LogP contribution in [0.1, 0.15) is 31.9 Å². The number of fused-ring (bicyclic) bond motifs is 3. The summed E-state index contributed by atoms with van der Waals surface area (Å²) in [5.41, 5.74) is 4.32. The van der Waals surface area contributed by atoms with Gasteiger partial charge in [-0.25, -0.2) is 4.98 Å². The standard InChI is InChI=1S/C32H26N5O.Pt/c1-32(2,3)23-13-14-34-30(17-23)37-28-10-5-7-22(20-33)31(28)27-12-11-26(19-29(27)37)38-25-9-6-8-24(18-25)36-16-15-35(4)21-36;/h5-17,21H,1-4H3;/q-3;. The Morgan fingerprint density at radius 3 is 2.51 bits per heavy atom. The quantitative estimate of drug-likeness (QED) is 0.189.